The fourth-order valence-corrected chi connectivity index (χ4v) is 4.06. The van der Waals surface area contributed by atoms with Gasteiger partial charge in [0, 0.05) is 55.5 Å². The van der Waals surface area contributed by atoms with Crippen molar-refractivity contribution in [2.75, 3.05) is 26.2 Å². The molecule has 7 heteroatoms. The summed E-state index contributed by atoms with van der Waals surface area (Å²) in [6, 6.07) is 15.9. The fraction of sp³-hybridized carbons (Fsp3) is 0.269. The molecule has 1 saturated heterocycles. The summed E-state index contributed by atoms with van der Waals surface area (Å²) in [5.41, 5.74) is 3.10. The van der Waals surface area contributed by atoms with Crippen LogP contribution in [0.3, 0.4) is 0 Å². The van der Waals surface area contributed by atoms with Gasteiger partial charge < -0.3 is 9.80 Å². The highest BCUT2D eigenvalue weighted by Gasteiger charge is 2.34. The molecule has 0 spiro atoms. The maximum Gasteiger partial charge on any atom is 0.246 e. The minimum absolute atomic E-state index is 0.0916. The summed E-state index contributed by atoms with van der Waals surface area (Å²) in [5, 5.41) is 4.70. The number of halogens is 1. The highest BCUT2D eigenvalue weighted by atomic mass is 19.1. The van der Waals surface area contributed by atoms with Crippen molar-refractivity contribution in [3.63, 3.8) is 0 Å². The summed E-state index contributed by atoms with van der Waals surface area (Å²) in [4.78, 5) is 28.7. The molecule has 0 radical (unpaired) electrons. The van der Waals surface area contributed by atoms with Crippen molar-refractivity contribution in [3.05, 3.63) is 78.3 Å². The summed E-state index contributed by atoms with van der Waals surface area (Å²) >= 11 is 0. The van der Waals surface area contributed by atoms with Gasteiger partial charge in [-0.05, 0) is 55.3 Å². The molecule has 6 nitrogen and oxygen atoms in total. The number of nitrogens with zero attached hydrogens (tertiary/aromatic N) is 4. The standard InChI is InChI=1S/C26H25FN4O2/c27-22-11-8-19(9-12-22)25-21(18-31(28-25)23-4-2-1-3-5-23)10-13-24(32)29-14-16-30(17-15-29)26(33)20-6-7-20/h1-5,8-13,18,20H,6-7,14-17H2. The maximum absolute atomic E-state index is 13.4. The Morgan fingerprint density at radius 1 is 0.909 bits per heavy atom. The molecule has 168 valence electrons. The van der Waals surface area contributed by atoms with E-state index >= 15 is 0 Å². The molecule has 2 fully saturated rings. The third-order valence-corrected chi connectivity index (χ3v) is 6.12. The Hall–Kier alpha value is -3.74. The number of rotatable bonds is 5. The number of hydrogen-bond acceptors (Lipinski definition) is 3. The van der Waals surface area contributed by atoms with Crippen LogP contribution in [0, 0.1) is 11.7 Å². The number of hydrogen-bond donors (Lipinski definition) is 0. The lowest BCUT2D eigenvalue weighted by molar-refractivity contribution is -0.138. The molecular weight excluding hydrogens is 419 g/mol. The van der Waals surface area contributed by atoms with Crippen LogP contribution >= 0.6 is 0 Å². The predicted molar refractivity (Wildman–Crippen MR) is 124 cm³/mol. The predicted octanol–water partition coefficient (Wildman–Crippen LogP) is 3.77. The Morgan fingerprint density at radius 2 is 1.58 bits per heavy atom. The van der Waals surface area contributed by atoms with Crippen LogP contribution in [0.4, 0.5) is 4.39 Å². The number of para-hydroxylation sites is 1. The SMILES string of the molecule is O=C(C=Cc1cn(-c2ccccc2)nc1-c1ccc(F)cc1)N1CCN(C(=O)C2CC2)CC1. The third-order valence-electron chi connectivity index (χ3n) is 6.12. The van der Waals surface area contributed by atoms with E-state index in [0.29, 0.717) is 31.9 Å². The molecule has 1 aromatic heterocycles. The molecule has 0 atom stereocenters. The van der Waals surface area contributed by atoms with Crippen molar-refractivity contribution >= 4 is 17.9 Å². The lowest BCUT2D eigenvalue weighted by Crippen LogP contribution is -2.50. The molecule has 1 aliphatic carbocycles. The molecule has 0 unspecified atom stereocenters. The highest BCUT2D eigenvalue weighted by Crippen LogP contribution is 2.31. The molecule has 2 amide bonds. The van der Waals surface area contributed by atoms with Gasteiger partial charge in [0.05, 0.1) is 11.4 Å². The summed E-state index contributed by atoms with van der Waals surface area (Å²) in [6.07, 6.45) is 7.17. The van der Waals surface area contributed by atoms with Gasteiger partial charge in [-0.3, -0.25) is 9.59 Å². The van der Waals surface area contributed by atoms with Gasteiger partial charge in [-0.25, -0.2) is 9.07 Å². The fourth-order valence-electron chi connectivity index (χ4n) is 4.06. The number of aromatic nitrogens is 2. The zero-order valence-electron chi connectivity index (χ0n) is 18.2. The molecule has 0 N–H and O–H groups in total. The Morgan fingerprint density at radius 3 is 2.24 bits per heavy atom. The van der Waals surface area contributed by atoms with E-state index in [0.717, 1.165) is 29.7 Å². The number of piperazine rings is 1. The molecule has 1 aliphatic heterocycles. The molecule has 2 aliphatic rings. The minimum atomic E-state index is -0.312. The van der Waals surface area contributed by atoms with Crippen molar-refractivity contribution in [3.8, 4) is 16.9 Å². The van der Waals surface area contributed by atoms with Crippen LogP contribution in [0.1, 0.15) is 18.4 Å². The van der Waals surface area contributed by atoms with Gasteiger partial charge in [-0.2, -0.15) is 5.10 Å². The summed E-state index contributed by atoms with van der Waals surface area (Å²) < 4.78 is 15.2. The van der Waals surface area contributed by atoms with E-state index in [1.807, 2.05) is 41.4 Å². The normalized spacial score (nSPS) is 16.4. The van der Waals surface area contributed by atoms with E-state index in [4.69, 9.17) is 5.10 Å². The first-order valence-electron chi connectivity index (χ1n) is 11.3. The van der Waals surface area contributed by atoms with Gasteiger partial charge in [-0.1, -0.05) is 18.2 Å². The van der Waals surface area contributed by atoms with Crippen LogP contribution in [-0.2, 0) is 9.59 Å². The minimum Gasteiger partial charge on any atom is -0.339 e. The van der Waals surface area contributed by atoms with Crippen molar-refractivity contribution in [1.82, 2.24) is 19.6 Å². The Balaban J connectivity index is 1.34. The van der Waals surface area contributed by atoms with Crippen molar-refractivity contribution < 1.29 is 14.0 Å². The van der Waals surface area contributed by atoms with E-state index in [2.05, 4.69) is 0 Å². The van der Waals surface area contributed by atoms with Gasteiger partial charge in [0.15, 0.2) is 0 Å². The van der Waals surface area contributed by atoms with Gasteiger partial charge in [0.25, 0.3) is 0 Å². The number of carbonyl (C=O) groups excluding carboxylic acids is 2. The van der Waals surface area contributed by atoms with Crippen LogP contribution in [0.5, 0.6) is 0 Å². The molecule has 3 aromatic rings. The smallest absolute Gasteiger partial charge is 0.246 e. The van der Waals surface area contributed by atoms with Crippen molar-refractivity contribution in [2.45, 2.75) is 12.8 Å². The molecule has 5 rings (SSSR count). The molecule has 2 heterocycles. The average molecular weight is 445 g/mol. The van der Waals surface area contributed by atoms with Crippen LogP contribution in [0.25, 0.3) is 23.0 Å². The Bertz CT molecular complexity index is 1170. The summed E-state index contributed by atoms with van der Waals surface area (Å²) in [7, 11) is 0. The van der Waals surface area contributed by atoms with Crippen LogP contribution in [0.2, 0.25) is 0 Å². The molecule has 0 bridgehead atoms. The highest BCUT2D eigenvalue weighted by molar-refractivity contribution is 5.93. The summed E-state index contributed by atoms with van der Waals surface area (Å²) in [6.45, 7) is 2.24. The first-order chi connectivity index (χ1) is 16.1. The first-order valence-corrected chi connectivity index (χ1v) is 11.3. The van der Waals surface area contributed by atoms with E-state index in [-0.39, 0.29) is 23.5 Å². The largest absolute Gasteiger partial charge is 0.339 e. The second-order valence-corrected chi connectivity index (χ2v) is 8.48. The van der Waals surface area contributed by atoms with Crippen LogP contribution in [0.15, 0.2) is 66.9 Å². The quantitative estimate of drug-likeness (QED) is 0.563. The summed E-state index contributed by atoms with van der Waals surface area (Å²) in [5.74, 6) is 0.0342. The van der Waals surface area contributed by atoms with E-state index in [1.54, 1.807) is 33.9 Å². The average Bonchev–Trinajstić information content (AvgIpc) is 3.62. The molecular formula is C26H25FN4O2. The lowest BCUT2D eigenvalue weighted by atomic mass is 10.1. The van der Waals surface area contributed by atoms with Crippen LogP contribution < -0.4 is 0 Å². The molecule has 33 heavy (non-hydrogen) atoms. The van der Waals surface area contributed by atoms with Crippen LogP contribution in [-0.4, -0.2) is 57.6 Å². The van der Waals surface area contributed by atoms with Crippen molar-refractivity contribution in [2.24, 2.45) is 5.92 Å². The monoisotopic (exact) mass is 444 g/mol. The first kappa shape index (κ1) is 21.1. The van der Waals surface area contributed by atoms with Gasteiger partial charge in [-0.15, -0.1) is 0 Å². The van der Waals surface area contributed by atoms with E-state index in [1.165, 1.54) is 12.1 Å². The zero-order chi connectivity index (χ0) is 22.8. The Labute approximate surface area is 191 Å². The van der Waals surface area contributed by atoms with E-state index < -0.39 is 0 Å². The second-order valence-electron chi connectivity index (χ2n) is 8.48. The number of benzene rings is 2. The number of amides is 2. The third kappa shape index (κ3) is 4.72. The Kier molecular flexibility index (Phi) is 5.77. The molecule has 1 saturated carbocycles. The van der Waals surface area contributed by atoms with Gasteiger partial charge in [0.1, 0.15) is 5.82 Å². The topological polar surface area (TPSA) is 58.4 Å². The maximum atomic E-state index is 13.4. The zero-order valence-corrected chi connectivity index (χ0v) is 18.2. The van der Waals surface area contributed by atoms with E-state index in [9.17, 15) is 14.0 Å². The van der Waals surface area contributed by atoms with Gasteiger partial charge >= 0.3 is 0 Å². The van der Waals surface area contributed by atoms with Crippen molar-refractivity contribution in [1.29, 1.82) is 0 Å². The van der Waals surface area contributed by atoms with Gasteiger partial charge in [0.2, 0.25) is 11.8 Å². The lowest BCUT2D eigenvalue weighted by Gasteiger charge is -2.34. The second kappa shape index (κ2) is 9.02. The number of carbonyl (C=O) groups is 2. The molecule has 2 aromatic carbocycles.